The molecule has 1 heterocycles. The lowest BCUT2D eigenvalue weighted by Crippen LogP contribution is -2.27. The molecule has 1 N–H and O–H groups in total. The van der Waals surface area contributed by atoms with Crippen LogP contribution in [0.15, 0.2) is 48.5 Å². The summed E-state index contributed by atoms with van der Waals surface area (Å²) in [5.74, 6) is 0.794. The van der Waals surface area contributed by atoms with Crippen LogP contribution in [0.1, 0.15) is 41.7 Å². The van der Waals surface area contributed by atoms with E-state index in [1.807, 2.05) is 43.3 Å². The highest BCUT2D eigenvalue weighted by molar-refractivity contribution is 5.97. The predicted molar refractivity (Wildman–Crippen MR) is 96.9 cm³/mol. The van der Waals surface area contributed by atoms with Crippen LogP contribution in [-0.4, -0.2) is 25.5 Å². The summed E-state index contributed by atoms with van der Waals surface area (Å²) in [5.41, 5.74) is 2.44. The van der Waals surface area contributed by atoms with Gasteiger partial charge in [0.2, 0.25) is 5.91 Å². The summed E-state index contributed by atoms with van der Waals surface area (Å²) in [4.78, 5) is 26.0. The fourth-order valence-corrected chi connectivity index (χ4v) is 2.97. The van der Waals surface area contributed by atoms with E-state index in [-0.39, 0.29) is 17.9 Å². The molecule has 2 amide bonds. The zero-order chi connectivity index (χ0) is 17.8. The molecule has 1 saturated heterocycles. The number of hydrogen-bond acceptors (Lipinski definition) is 3. The van der Waals surface area contributed by atoms with Gasteiger partial charge in [-0.15, -0.1) is 0 Å². The third-order valence-electron chi connectivity index (χ3n) is 4.48. The summed E-state index contributed by atoms with van der Waals surface area (Å²) in [6, 6.07) is 14.7. The molecule has 1 fully saturated rings. The quantitative estimate of drug-likeness (QED) is 0.910. The van der Waals surface area contributed by atoms with Gasteiger partial charge in [0, 0.05) is 24.2 Å². The highest BCUT2D eigenvalue weighted by Crippen LogP contribution is 2.22. The maximum Gasteiger partial charge on any atom is 0.251 e. The molecule has 1 aliphatic rings. The van der Waals surface area contributed by atoms with Gasteiger partial charge in [0.15, 0.2) is 0 Å². The smallest absolute Gasteiger partial charge is 0.251 e. The minimum atomic E-state index is -0.136. The molecule has 0 aliphatic carbocycles. The van der Waals surface area contributed by atoms with Crippen molar-refractivity contribution in [2.75, 3.05) is 18.6 Å². The normalized spacial score (nSPS) is 15.1. The van der Waals surface area contributed by atoms with Gasteiger partial charge in [-0.1, -0.05) is 12.1 Å². The monoisotopic (exact) mass is 338 g/mol. The fourth-order valence-electron chi connectivity index (χ4n) is 2.97. The lowest BCUT2D eigenvalue weighted by Gasteiger charge is -2.17. The molecular formula is C20H22N2O3. The van der Waals surface area contributed by atoms with Crippen LogP contribution in [0, 0.1) is 0 Å². The predicted octanol–water partition coefficient (Wildman–Crippen LogP) is 3.31. The number of hydrogen-bond donors (Lipinski definition) is 1. The Labute approximate surface area is 147 Å². The first kappa shape index (κ1) is 17.0. The maximum absolute atomic E-state index is 12.4. The highest BCUT2D eigenvalue weighted by atomic mass is 16.5. The van der Waals surface area contributed by atoms with Crippen LogP contribution >= 0.6 is 0 Å². The van der Waals surface area contributed by atoms with E-state index in [1.165, 1.54) is 0 Å². The Morgan fingerprint density at radius 3 is 2.36 bits per heavy atom. The van der Waals surface area contributed by atoms with Crippen molar-refractivity contribution in [3.8, 4) is 5.75 Å². The standard InChI is InChI=1S/C20H22N2O3/c1-14(15-7-11-18(25-2)12-8-15)21-20(24)16-5-9-17(10-6-16)22-13-3-4-19(22)23/h5-12,14H,3-4,13H2,1-2H3,(H,21,24). The zero-order valence-electron chi connectivity index (χ0n) is 14.5. The second-order valence-electron chi connectivity index (χ2n) is 6.16. The summed E-state index contributed by atoms with van der Waals surface area (Å²) in [6.07, 6.45) is 1.49. The molecule has 3 rings (SSSR count). The Hall–Kier alpha value is -2.82. The number of methoxy groups -OCH3 is 1. The van der Waals surface area contributed by atoms with Crippen LogP contribution in [0.3, 0.4) is 0 Å². The van der Waals surface area contributed by atoms with E-state index in [1.54, 1.807) is 24.1 Å². The number of nitrogens with zero attached hydrogens (tertiary/aromatic N) is 1. The molecule has 0 aromatic heterocycles. The van der Waals surface area contributed by atoms with Gasteiger partial charge in [0.25, 0.3) is 5.91 Å². The summed E-state index contributed by atoms with van der Waals surface area (Å²) >= 11 is 0. The average Bonchev–Trinajstić information content (AvgIpc) is 3.07. The molecule has 0 bridgehead atoms. The Morgan fingerprint density at radius 2 is 1.80 bits per heavy atom. The lowest BCUT2D eigenvalue weighted by molar-refractivity contribution is -0.117. The highest BCUT2D eigenvalue weighted by Gasteiger charge is 2.21. The first-order valence-corrected chi connectivity index (χ1v) is 8.44. The molecule has 2 aromatic carbocycles. The van der Waals surface area contributed by atoms with Crippen LogP contribution in [0.2, 0.25) is 0 Å². The van der Waals surface area contributed by atoms with Gasteiger partial charge in [-0.2, -0.15) is 0 Å². The molecule has 2 aromatic rings. The second kappa shape index (κ2) is 7.38. The third-order valence-corrected chi connectivity index (χ3v) is 4.48. The first-order valence-electron chi connectivity index (χ1n) is 8.44. The molecule has 0 radical (unpaired) electrons. The molecule has 1 aliphatic heterocycles. The SMILES string of the molecule is COc1ccc(C(C)NC(=O)c2ccc(N3CCCC3=O)cc2)cc1. The van der Waals surface area contributed by atoms with Crippen LogP contribution in [0.5, 0.6) is 5.75 Å². The number of benzene rings is 2. The van der Waals surface area contributed by atoms with E-state index in [4.69, 9.17) is 4.74 Å². The average molecular weight is 338 g/mol. The van der Waals surface area contributed by atoms with Crippen molar-refractivity contribution in [3.63, 3.8) is 0 Å². The van der Waals surface area contributed by atoms with Gasteiger partial charge in [-0.3, -0.25) is 9.59 Å². The van der Waals surface area contributed by atoms with Gasteiger partial charge < -0.3 is 15.0 Å². The molecule has 5 heteroatoms. The number of rotatable bonds is 5. The van der Waals surface area contributed by atoms with Crippen molar-refractivity contribution < 1.29 is 14.3 Å². The van der Waals surface area contributed by atoms with Gasteiger partial charge in [-0.25, -0.2) is 0 Å². The molecule has 130 valence electrons. The van der Waals surface area contributed by atoms with Crippen LogP contribution < -0.4 is 15.0 Å². The number of carbonyl (C=O) groups is 2. The Morgan fingerprint density at radius 1 is 1.12 bits per heavy atom. The minimum absolute atomic E-state index is 0.113. The minimum Gasteiger partial charge on any atom is -0.497 e. The van der Waals surface area contributed by atoms with E-state index in [9.17, 15) is 9.59 Å². The molecular weight excluding hydrogens is 316 g/mol. The van der Waals surface area contributed by atoms with Crippen LogP contribution in [0.25, 0.3) is 0 Å². The number of nitrogens with one attached hydrogen (secondary N) is 1. The Balaban J connectivity index is 1.65. The first-order chi connectivity index (χ1) is 12.1. The van der Waals surface area contributed by atoms with Crippen molar-refractivity contribution in [1.82, 2.24) is 5.32 Å². The van der Waals surface area contributed by atoms with E-state index in [0.717, 1.165) is 30.0 Å². The van der Waals surface area contributed by atoms with Gasteiger partial charge in [0.05, 0.1) is 13.2 Å². The summed E-state index contributed by atoms with van der Waals surface area (Å²) in [6.45, 7) is 2.69. The Bertz CT molecular complexity index is 754. The topological polar surface area (TPSA) is 58.6 Å². The van der Waals surface area contributed by atoms with Crippen molar-refractivity contribution in [2.45, 2.75) is 25.8 Å². The third kappa shape index (κ3) is 3.82. The summed E-state index contributed by atoms with van der Waals surface area (Å²) in [5, 5.41) is 2.99. The van der Waals surface area contributed by atoms with Gasteiger partial charge >= 0.3 is 0 Å². The molecule has 25 heavy (non-hydrogen) atoms. The maximum atomic E-state index is 12.4. The van der Waals surface area contributed by atoms with Crippen molar-refractivity contribution in [2.24, 2.45) is 0 Å². The zero-order valence-corrected chi connectivity index (χ0v) is 14.5. The van der Waals surface area contributed by atoms with Crippen molar-refractivity contribution in [3.05, 3.63) is 59.7 Å². The van der Waals surface area contributed by atoms with Crippen LogP contribution in [0.4, 0.5) is 5.69 Å². The molecule has 1 atom stereocenters. The van der Waals surface area contributed by atoms with Crippen molar-refractivity contribution in [1.29, 1.82) is 0 Å². The molecule has 0 spiro atoms. The lowest BCUT2D eigenvalue weighted by atomic mass is 10.1. The summed E-state index contributed by atoms with van der Waals surface area (Å²) < 4.78 is 5.14. The van der Waals surface area contributed by atoms with Crippen LogP contribution in [-0.2, 0) is 4.79 Å². The van der Waals surface area contributed by atoms with Gasteiger partial charge in [0.1, 0.15) is 5.75 Å². The van der Waals surface area contributed by atoms with Crippen molar-refractivity contribution >= 4 is 17.5 Å². The number of anilines is 1. The van der Waals surface area contributed by atoms with E-state index >= 15 is 0 Å². The number of ether oxygens (including phenoxy) is 1. The van der Waals surface area contributed by atoms with E-state index < -0.39 is 0 Å². The number of carbonyl (C=O) groups excluding carboxylic acids is 2. The molecule has 1 unspecified atom stereocenters. The largest absolute Gasteiger partial charge is 0.497 e. The van der Waals surface area contributed by atoms with E-state index in [0.29, 0.717) is 12.0 Å². The fraction of sp³-hybridized carbons (Fsp3) is 0.300. The number of amides is 2. The Kier molecular flexibility index (Phi) is 5.03. The summed E-state index contributed by atoms with van der Waals surface area (Å²) in [7, 11) is 1.62. The molecule has 0 saturated carbocycles. The van der Waals surface area contributed by atoms with Gasteiger partial charge in [-0.05, 0) is 55.3 Å². The van der Waals surface area contributed by atoms with E-state index in [2.05, 4.69) is 5.32 Å². The molecule has 5 nitrogen and oxygen atoms in total. The second-order valence-corrected chi connectivity index (χ2v) is 6.16.